The average Bonchev–Trinajstić information content (AvgIpc) is 2.86. The summed E-state index contributed by atoms with van der Waals surface area (Å²) in [7, 11) is 0. The molecule has 2 heterocycles. The third-order valence-electron chi connectivity index (χ3n) is 4.13. The maximum Gasteiger partial charge on any atom is 0.110 e. The maximum atomic E-state index is 4.79. The van der Waals surface area contributed by atoms with E-state index < -0.39 is 0 Å². The number of benzene rings is 1. The summed E-state index contributed by atoms with van der Waals surface area (Å²) >= 11 is 0. The van der Waals surface area contributed by atoms with Crippen molar-refractivity contribution in [2.24, 2.45) is 5.92 Å². The molecule has 2 heteroatoms. The van der Waals surface area contributed by atoms with Crippen LogP contribution in [-0.4, -0.2) is 9.55 Å². The van der Waals surface area contributed by atoms with Gasteiger partial charge in [-0.3, -0.25) is 0 Å². The van der Waals surface area contributed by atoms with Gasteiger partial charge in [-0.15, -0.1) is 6.58 Å². The molecule has 3 rings (SSSR count). The smallest absolute Gasteiger partial charge is 0.110 e. The molecule has 94 valence electrons. The molecule has 0 saturated heterocycles. The molecule has 2 aromatic rings. The van der Waals surface area contributed by atoms with Gasteiger partial charge in [0.2, 0.25) is 0 Å². The lowest BCUT2D eigenvalue weighted by molar-refractivity contribution is 0.483. The molecule has 1 unspecified atom stereocenters. The highest BCUT2D eigenvalue weighted by Crippen LogP contribution is 2.30. The molecule has 0 N–H and O–H groups in total. The van der Waals surface area contributed by atoms with E-state index in [2.05, 4.69) is 37.1 Å². The summed E-state index contributed by atoms with van der Waals surface area (Å²) in [5.41, 5.74) is 5.17. The van der Waals surface area contributed by atoms with E-state index >= 15 is 0 Å². The van der Waals surface area contributed by atoms with Crippen molar-refractivity contribution in [3.05, 3.63) is 41.7 Å². The van der Waals surface area contributed by atoms with Gasteiger partial charge in [0, 0.05) is 13.0 Å². The van der Waals surface area contributed by atoms with Gasteiger partial charge in [0.05, 0.1) is 11.0 Å². The van der Waals surface area contributed by atoms with E-state index in [0.29, 0.717) is 0 Å². The monoisotopic (exact) mass is 240 g/mol. The number of fused-ring (bicyclic) bond motifs is 3. The van der Waals surface area contributed by atoms with Gasteiger partial charge in [0.25, 0.3) is 0 Å². The molecule has 0 bridgehead atoms. The molecule has 1 aromatic heterocycles. The highest BCUT2D eigenvalue weighted by atomic mass is 15.1. The van der Waals surface area contributed by atoms with Crippen LogP contribution in [0.1, 0.15) is 29.8 Å². The van der Waals surface area contributed by atoms with Crippen LogP contribution in [0.25, 0.3) is 11.0 Å². The van der Waals surface area contributed by atoms with Crippen molar-refractivity contribution in [1.29, 1.82) is 0 Å². The molecular formula is C16H20N2. The van der Waals surface area contributed by atoms with Crippen LogP contribution < -0.4 is 0 Å². The van der Waals surface area contributed by atoms with Crippen LogP contribution in [0.3, 0.4) is 0 Å². The van der Waals surface area contributed by atoms with Crippen LogP contribution in [-0.2, 0) is 13.0 Å². The predicted octanol–water partition coefficient (Wildman–Crippen LogP) is 3.79. The average molecular weight is 240 g/mol. The van der Waals surface area contributed by atoms with Crippen LogP contribution in [0.4, 0.5) is 0 Å². The number of allylic oxidation sites excluding steroid dienone is 1. The zero-order valence-corrected chi connectivity index (χ0v) is 11.2. The van der Waals surface area contributed by atoms with Crippen molar-refractivity contribution in [2.45, 2.75) is 39.7 Å². The van der Waals surface area contributed by atoms with Crippen molar-refractivity contribution in [3.8, 4) is 0 Å². The first-order valence-electron chi connectivity index (χ1n) is 6.76. The second kappa shape index (κ2) is 4.27. The fourth-order valence-corrected chi connectivity index (χ4v) is 2.92. The van der Waals surface area contributed by atoms with E-state index in [9.17, 15) is 0 Å². The molecule has 0 saturated carbocycles. The Balaban J connectivity index is 1.96. The highest BCUT2D eigenvalue weighted by Gasteiger charge is 2.24. The summed E-state index contributed by atoms with van der Waals surface area (Å²) in [5.74, 6) is 2.01. The van der Waals surface area contributed by atoms with Crippen LogP contribution in [0.15, 0.2) is 24.8 Å². The van der Waals surface area contributed by atoms with E-state index in [1.807, 2.05) is 6.08 Å². The standard InChI is InChI=1S/C16H20N2/c1-4-5-6-13-9-16-17-14-7-11(2)12(3)8-15(14)18(16)10-13/h4,7-8,13H,1,5-6,9-10H2,2-3H3. The number of nitrogens with zero attached hydrogens (tertiary/aromatic N) is 2. The Kier molecular flexibility index (Phi) is 2.73. The first-order chi connectivity index (χ1) is 8.69. The Morgan fingerprint density at radius 2 is 2.17 bits per heavy atom. The number of hydrogen-bond donors (Lipinski definition) is 0. The second-order valence-corrected chi connectivity index (χ2v) is 5.50. The SMILES string of the molecule is C=CCCC1Cc2nc3cc(C)c(C)cc3n2C1. The summed E-state index contributed by atoms with van der Waals surface area (Å²) in [6.45, 7) is 9.27. The fraction of sp³-hybridized carbons (Fsp3) is 0.438. The molecule has 0 spiro atoms. The Hall–Kier alpha value is -1.57. The van der Waals surface area contributed by atoms with Crippen LogP contribution in [0.2, 0.25) is 0 Å². The summed E-state index contributed by atoms with van der Waals surface area (Å²) in [4.78, 5) is 4.79. The van der Waals surface area contributed by atoms with Crippen molar-refractivity contribution >= 4 is 11.0 Å². The number of imidazole rings is 1. The van der Waals surface area contributed by atoms with Gasteiger partial charge >= 0.3 is 0 Å². The zero-order valence-electron chi connectivity index (χ0n) is 11.2. The first-order valence-corrected chi connectivity index (χ1v) is 6.76. The molecule has 0 radical (unpaired) electrons. The summed E-state index contributed by atoms with van der Waals surface area (Å²) in [5, 5.41) is 0. The van der Waals surface area contributed by atoms with Crippen LogP contribution in [0.5, 0.6) is 0 Å². The van der Waals surface area contributed by atoms with Crippen LogP contribution in [0, 0.1) is 19.8 Å². The molecule has 1 aromatic carbocycles. The minimum atomic E-state index is 0.747. The molecule has 1 aliphatic heterocycles. The molecule has 18 heavy (non-hydrogen) atoms. The van der Waals surface area contributed by atoms with Gasteiger partial charge in [-0.05, 0) is 55.9 Å². The van der Waals surface area contributed by atoms with Gasteiger partial charge in [-0.2, -0.15) is 0 Å². The molecular weight excluding hydrogens is 220 g/mol. The highest BCUT2D eigenvalue weighted by molar-refractivity contribution is 5.78. The van der Waals surface area contributed by atoms with Gasteiger partial charge < -0.3 is 4.57 Å². The van der Waals surface area contributed by atoms with Crippen molar-refractivity contribution in [2.75, 3.05) is 0 Å². The fourth-order valence-electron chi connectivity index (χ4n) is 2.92. The summed E-state index contributed by atoms with van der Waals surface area (Å²) in [6.07, 6.45) is 5.50. The largest absolute Gasteiger partial charge is 0.328 e. The second-order valence-electron chi connectivity index (χ2n) is 5.50. The molecule has 1 aliphatic rings. The third-order valence-corrected chi connectivity index (χ3v) is 4.13. The van der Waals surface area contributed by atoms with Crippen molar-refractivity contribution < 1.29 is 0 Å². The minimum Gasteiger partial charge on any atom is -0.328 e. The third kappa shape index (κ3) is 1.76. The number of aromatic nitrogens is 2. The lowest BCUT2D eigenvalue weighted by Gasteiger charge is -2.08. The topological polar surface area (TPSA) is 17.8 Å². The van der Waals surface area contributed by atoms with Crippen molar-refractivity contribution in [1.82, 2.24) is 9.55 Å². The van der Waals surface area contributed by atoms with E-state index in [1.54, 1.807) is 0 Å². The number of hydrogen-bond acceptors (Lipinski definition) is 1. The number of rotatable bonds is 3. The normalized spacial score (nSPS) is 18.2. The van der Waals surface area contributed by atoms with Crippen molar-refractivity contribution in [3.63, 3.8) is 0 Å². The van der Waals surface area contributed by atoms with E-state index in [-0.39, 0.29) is 0 Å². The van der Waals surface area contributed by atoms with Crippen LogP contribution >= 0.6 is 0 Å². The quantitative estimate of drug-likeness (QED) is 0.746. The van der Waals surface area contributed by atoms with E-state index in [4.69, 9.17) is 4.98 Å². The number of aryl methyl sites for hydroxylation is 2. The minimum absolute atomic E-state index is 0.747. The van der Waals surface area contributed by atoms with E-state index in [0.717, 1.165) is 30.8 Å². The Morgan fingerprint density at radius 3 is 2.94 bits per heavy atom. The lowest BCUT2D eigenvalue weighted by Crippen LogP contribution is -2.02. The van der Waals surface area contributed by atoms with E-state index in [1.165, 1.54) is 28.9 Å². The first kappa shape index (κ1) is 11.5. The Bertz CT molecular complexity index is 607. The van der Waals surface area contributed by atoms with Gasteiger partial charge in [-0.25, -0.2) is 4.98 Å². The zero-order chi connectivity index (χ0) is 12.7. The summed E-state index contributed by atoms with van der Waals surface area (Å²) < 4.78 is 2.41. The Morgan fingerprint density at radius 1 is 1.39 bits per heavy atom. The molecule has 0 aliphatic carbocycles. The molecule has 0 fully saturated rings. The Labute approximate surface area is 108 Å². The maximum absolute atomic E-state index is 4.79. The summed E-state index contributed by atoms with van der Waals surface area (Å²) in [6, 6.07) is 4.51. The lowest BCUT2D eigenvalue weighted by atomic mass is 10.0. The molecule has 2 nitrogen and oxygen atoms in total. The molecule has 0 amide bonds. The molecule has 1 atom stereocenters. The van der Waals surface area contributed by atoms with Gasteiger partial charge in [-0.1, -0.05) is 6.08 Å². The van der Waals surface area contributed by atoms with Gasteiger partial charge in [0.1, 0.15) is 5.82 Å². The predicted molar refractivity (Wildman–Crippen MR) is 75.8 cm³/mol. The van der Waals surface area contributed by atoms with Gasteiger partial charge in [0.15, 0.2) is 0 Å².